The van der Waals surface area contributed by atoms with Crippen LogP contribution in [0.3, 0.4) is 0 Å². The van der Waals surface area contributed by atoms with Crippen LogP contribution in [0.5, 0.6) is 0 Å². The van der Waals surface area contributed by atoms with Crippen molar-refractivity contribution < 1.29 is 4.79 Å². The molecular weight excluding hydrogens is 224 g/mol. The topological polar surface area (TPSA) is 23.6 Å². The molecule has 1 atom stereocenters. The minimum atomic E-state index is 0.315. The second-order valence-electron chi connectivity index (χ2n) is 5.27. The second kappa shape index (κ2) is 5.11. The Balaban J connectivity index is 1.69. The van der Waals surface area contributed by atoms with Crippen LogP contribution in [0, 0.1) is 0 Å². The molecule has 18 heavy (non-hydrogen) atoms. The molecule has 1 aromatic carbocycles. The standard InChI is InChI=1S/C15H20N2O/c18-15-9-5-11-17(15)16-10-4-8-14(16)12-13-6-2-1-3-7-13/h1-3,6-7,14H,4-5,8-12H2/t14-/m1/s1. The number of carbonyl (C=O) groups is 1. The largest absolute Gasteiger partial charge is 0.275 e. The summed E-state index contributed by atoms with van der Waals surface area (Å²) in [5.74, 6) is 0.315. The predicted octanol–water partition coefficient (Wildman–Crippen LogP) is 2.23. The molecule has 2 saturated heterocycles. The van der Waals surface area contributed by atoms with Gasteiger partial charge in [-0.2, -0.15) is 0 Å². The number of carbonyl (C=O) groups excluding carboxylic acids is 1. The third kappa shape index (κ3) is 2.27. The van der Waals surface area contributed by atoms with Crippen LogP contribution in [0.15, 0.2) is 30.3 Å². The molecule has 3 nitrogen and oxygen atoms in total. The Labute approximate surface area is 108 Å². The third-order valence-corrected chi connectivity index (χ3v) is 4.02. The van der Waals surface area contributed by atoms with Crippen LogP contribution in [0.25, 0.3) is 0 Å². The molecule has 0 radical (unpaired) electrons. The molecule has 3 heteroatoms. The van der Waals surface area contributed by atoms with Gasteiger partial charge in [0, 0.05) is 25.6 Å². The van der Waals surface area contributed by atoms with E-state index in [1.54, 1.807) is 0 Å². The van der Waals surface area contributed by atoms with Gasteiger partial charge in [-0.3, -0.25) is 9.80 Å². The van der Waals surface area contributed by atoms with Gasteiger partial charge in [-0.05, 0) is 31.2 Å². The molecule has 0 spiro atoms. The first-order valence-electron chi connectivity index (χ1n) is 6.95. The Hall–Kier alpha value is -1.35. The van der Waals surface area contributed by atoms with Crippen LogP contribution in [0.4, 0.5) is 0 Å². The maximum Gasteiger partial charge on any atom is 0.236 e. The lowest BCUT2D eigenvalue weighted by molar-refractivity contribution is -0.144. The van der Waals surface area contributed by atoms with Crippen molar-refractivity contribution >= 4 is 5.91 Å². The zero-order chi connectivity index (χ0) is 12.4. The Morgan fingerprint density at radius 2 is 1.94 bits per heavy atom. The van der Waals surface area contributed by atoms with E-state index < -0.39 is 0 Å². The van der Waals surface area contributed by atoms with Crippen molar-refractivity contribution in [1.82, 2.24) is 10.0 Å². The summed E-state index contributed by atoms with van der Waals surface area (Å²) in [6.45, 7) is 1.97. The van der Waals surface area contributed by atoms with Crippen molar-refractivity contribution in [2.24, 2.45) is 0 Å². The maximum absolute atomic E-state index is 11.8. The summed E-state index contributed by atoms with van der Waals surface area (Å²) in [4.78, 5) is 11.8. The van der Waals surface area contributed by atoms with Gasteiger partial charge in [0.25, 0.3) is 0 Å². The maximum atomic E-state index is 11.8. The van der Waals surface area contributed by atoms with E-state index in [4.69, 9.17) is 0 Å². The highest BCUT2D eigenvalue weighted by Gasteiger charge is 2.34. The van der Waals surface area contributed by atoms with Gasteiger partial charge in [-0.25, -0.2) is 5.01 Å². The number of rotatable bonds is 3. The number of amides is 1. The summed E-state index contributed by atoms with van der Waals surface area (Å²) in [6.07, 6.45) is 5.23. The molecule has 2 aliphatic rings. The lowest BCUT2D eigenvalue weighted by Crippen LogP contribution is -2.46. The van der Waals surface area contributed by atoms with Crippen LogP contribution < -0.4 is 0 Å². The van der Waals surface area contributed by atoms with Gasteiger partial charge in [0.15, 0.2) is 0 Å². The average Bonchev–Trinajstić information content (AvgIpc) is 2.99. The SMILES string of the molecule is O=C1CCCN1N1CCC[C@@H]1Cc1ccccc1. The average molecular weight is 244 g/mol. The monoisotopic (exact) mass is 244 g/mol. The second-order valence-corrected chi connectivity index (χ2v) is 5.27. The van der Waals surface area contributed by atoms with Gasteiger partial charge in [0.2, 0.25) is 5.91 Å². The lowest BCUT2D eigenvalue weighted by Gasteiger charge is -2.33. The first kappa shape index (κ1) is 11.7. The Morgan fingerprint density at radius 3 is 2.67 bits per heavy atom. The molecule has 0 saturated carbocycles. The summed E-state index contributed by atoms with van der Waals surface area (Å²) < 4.78 is 0. The van der Waals surface area contributed by atoms with E-state index in [2.05, 4.69) is 35.3 Å². The number of hydrogen-bond donors (Lipinski definition) is 0. The lowest BCUT2D eigenvalue weighted by atomic mass is 10.0. The molecular formula is C15H20N2O. The minimum absolute atomic E-state index is 0.315. The van der Waals surface area contributed by atoms with Gasteiger partial charge in [-0.1, -0.05) is 30.3 Å². The molecule has 0 unspecified atom stereocenters. The van der Waals surface area contributed by atoms with Crippen LogP contribution in [-0.2, 0) is 11.2 Å². The predicted molar refractivity (Wildman–Crippen MR) is 70.8 cm³/mol. The molecule has 0 aliphatic carbocycles. The Kier molecular flexibility index (Phi) is 3.33. The first-order chi connectivity index (χ1) is 8.84. The van der Waals surface area contributed by atoms with E-state index in [-0.39, 0.29) is 0 Å². The summed E-state index contributed by atoms with van der Waals surface area (Å²) >= 11 is 0. The molecule has 96 valence electrons. The van der Waals surface area contributed by atoms with Crippen molar-refractivity contribution in [2.75, 3.05) is 13.1 Å². The molecule has 0 N–H and O–H groups in total. The van der Waals surface area contributed by atoms with Crippen LogP contribution >= 0.6 is 0 Å². The fourth-order valence-electron chi connectivity index (χ4n) is 3.14. The smallest absolute Gasteiger partial charge is 0.236 e. The van der Waals surface area contributed by atoms with Crippen molar-refractivity contribution in [3.8, 4) is 0 Å². The molecule has 2 heterocycles. The first-order valence-corrected chi connectivity index (χ1v) is 6.95. The van der Waals surface area contributed by atoms with Gasteiger partial charge >= 0.3 is 0 Å². The molecule has 3 rings (SSSR count). The van der Waals surface area contributed by atoms with E-state index in [0.29, 0.717) is 11.9 Å². The summed E-state index contributed by atoms with van der Waals surface area (Å²) in [7, 11) is 0. The Morgan fingerprint density at radius 1 is 1.11 bits per heavy atom. The van der Waals surface area contributed by atoms with Crippen molar-refractivity contribution in [3.63, 3.8) is 0 Å². The molecule has 0 aromatic heterocycles. The zero-order valence-corrected chi connectivity index (χ0v) is 10.7. The quantitative estimate of drug-likeness (QED) is 0.814. The minimum Gasteiger partial charge on any atom is -0.275 e. The number of benzene rings is 1. The van der Waals surface area contributed by atoms with Crippen molar-refractivity contribution in [3.05, 3.63) is 35.9 Å². The van der Waals surface area contributed by atoms with Crippen molar-refractivity contribution in [1.29, 1.82) is 0 Å². The summed E-state index contributed by atoms with van der Waals surface area (Å²) in [6, 6.07) is 11.1. The van der Waals surface area contributed by atoms with E-state index >= 15 is 0 Å². The fraction of sp³-hybridized carbons (Fsp3) is 0.533. The summed E-state index contributed by atoms with van der Waals surface area (Å²) in [5.41, 5.74) is 1.38. The Bertz CT molecular complexity index is 418. The number of hydrogen-bond acceptors (Lipinski definition) is 2. The zero-order valence-electron chi connectivity index (χ0n) is 10.7. The van der Waals surface area contributed by atoms with Crippen LogP contribution in [-0.4, -0.2) is 35.1 Å². The van der Waals surface area contributed by atoms with Crippen molar-refractivity contribution in [2.45, 2.75) is 38.1 Å². The van der Waals surface area contributed by atoms with E-state index in [9.17, 15) is 4.79 Å². The van der Waals surface area contributed by atoms with E-state index in [0.717, 1.165) is 32.4 Å². The molecule has 1 aromatic rings. The molecule has 1 amide bonds. The molecule has 2 fully saturated rings. The van der Waals surface area contributed by atoms with Crippen LogP contribution in [0.2, 0.25) is 0 Å². The van der Waals surface area contributed by atoms with Gasteiger partial charge < -0.3 is 0 Å². The van der Waals surface area contributed by atoms with E-state index in [1.807, 2.05) is 5.01 Å². The summed E-state index contributed by atoms with van der Waals surface area (Å²) in [5, 5.41) is 4.32. The highest BCUT2D eigenvalue weighted by molar-refractivity contribution is 5.77. The van der Waals surface area contributed by atoms with Gasteiger partial charge in [0.1, 0.15) is 0 Å². The van der Waals surface area contributed by atoms with Gasteiger partial charge in [0.05, 0.1) is 0 Å². The molecule has 2 aliphatic heterocycles. The molecule has 0 bridgehead atoms. The number of hydrazine groups is 1. The number of nitrogens with zero attached hydrogens (tertiary/aromatic N) is 2. The third-order valence-electron chi connectivity index (χ3n) is 4.02. The van der Waals surface area contributed by atoms with Gasteiger partial charge in [-0.15, -0.1) is 0 Å². The highest BCUT2D eigenvalue weighted by Crippen LogP contribution is 2.26. The normalized spacial score (nSPS) is 25.0. The fourth-order valence-corrected chi connectivity index (χ4v) is 3.14. The van der Waals surface area contributed by atoms with E-state index in [1.165, 1.54) is 18.4 Å². The highest BCUT2D eigenvalue weighted by atomic mass is 16.2. The van der Waals surface area contributed by atoms with Crippen LogP contribution in [0.1, 0.15) is 31.2 Å².